The molecule has 0 fully saturated rings. The van der Waals surface area contributed by atoms with E-state index in [4.69, 9.17) is 23.7 Å². The first-order valence-electron chi connectivity index (χ1n) is 13.3. The van der Waals surface area contributed by atoms with Crippen LogP contribution in [0.25, 0.3) is 0 Å². The van der Waals surface area contributed by atoms with Gasteiger partial charge >= 0.3 is 0 Å². The van der Waals surface area contributed by atoms with Crippen LogP contribution in [0.15, 0.2) is 65.9 Å². The molecule has 214 valence electrons. The summed E-state index contributed by atoms with van der Waals surface area (Å²) in [6.07, 6.45) is 0.816. The number of anilines is 2. The van der Waals surface area contributed by atoms with Crippen LogP contribution < -0.4 is 33.9 Å². The SMILES string of the molecule is COc1ccc(C2CC(=O)C3=C(C2)Nc2ccccc2N(C(C)=O)C3c2cc(OC)c(OC)c(OC)c2)cc1OC. The minimum absolute atomic E-state index is 0.0589. The zero-order chi connectivity index (χ0) is 29.3. The second-order valence-electron chi connectivity index (χ2n) is 9.93. The fourth-order valence-electron chi connectivity index (χ4n) is 5.86. The molecule has 2 aliphatic rings. The van der Waals surface area contributed by atoms with Gasteiger partial charge in [-0.1, -0.05) is 18.2 Å². The number of Topliss-reactive ketones (excluding diaryl/α,β-unsaturated/α-hetero) is 1. The molecule has 2 atom stereocenters. The van der Waals surface area contributed by atoms with Crippen molar-refractivity contribution in [2.75, 3.05) is 45.8 Å². The van der Waals surface area contributed by atoms with E-state index in [1.165, 1.54) is 28.3 Å². The van der Waals surface area contributed by atoms with E-state index in [0.717, 1.165) is 16.9 Å². The molecule has 1 amide bonds. The summed E-state index contributed by atoms with van der Waals surface area (Å²) in [5.41, 5.74) is 4.33. The molecule has 0 bridgehead atoms. The Hall–Kier alpha value is -4.66. The van der Waals surface area contributed by atoms with Crippen LogP contribution in [0.3, 0.4) is 0 Å². The molecule has 5 rings (SSSR count). The molecule has 3 aromatic rings. The van der Waals surface area contributed by atoms with Crippen LogP contribution >= 0.6 is 0 Å². The van der Waals surface area contributed by atoms with Gasteiger partial charge in [0.2, 0.25) is 11.7 Å². The molecule has 3 aromatic carbocycles. The number of rotatable bonds is 7. The summed E-state index contributed by atoms with van der Waals surface area (Å²) in [4.78, 5) is 29.2. The molecule has 1 N–H and O–H groups in total. The molecule has 9 heteroatoms. The topological polar surface area (TPSA) is 95.6 Å². The summed E-state index contributed by atoms with van der Waals surface area (Å²) in [6, 6.07) is 16.2. The third-order valence-corrected chi connectivity index (χ3v) is 7.71. The van der Waals surface area contributed by atoms with Gasteiger partial charge in [-0.25, -0.2) is 0 Å². The lowest BCUT2D eigenvalue weighted by Gasteiger charge is -2.35. The van der Waals surface area contributed by atoms with E-state index in [1.54, 1.807) is 31.3 Å². The Kier molecular flexibility index (Phi) is 7.79. The van der Waals surface area contributed by atoms with Gasteiger partial charge in [-0.05, 0) is 59.9 Å². The average molecular weight is 559 g/mol. The molecule has 0 spiro atoms. The molecule has 0 saturated heterocycles. The Morgan fingerprint density at radius 2 is 1.41 bits per heavy atom. The van der Waals surface area contributed by atoms with Crippen molar-refractivity contribution < 1.29 is 33.3 Å². The van der Waals surface area contributed by atoms with Gasteiger partial charge in [0, 0.05) is 24.6 Å². The van der Waals surface area contributed by atoms with Crippen molar-refractivity contribution in [3.8, 4) is 28.7 Å². The Bertz CT molecular complexity index is 1510. The molecule has 41 heavy (non-hydrogen) atoms. The number of nitrogens with zero attached hydrogens (tertiary/aromatic N) is 1. The summed E-state index contributed by atoms with van der Waals surface area (Å²) in [5, 5.41) is 3.53. The maximum Gasteiger partial charge on any atom is 0.224 e. The second kappa shape index (κ2) is 11.4. The van der Waals surface area contributed by atoms with E-state index in [0.29, 0.717) is 52.0 Å². The Balaban J connectivity index is 1.71. The number of fused-ring (bicyclic) bond motifs is 1. The number of hydrogen-bond donors (Lipinski definition) is 1. The Morgan fingerprint density at radius 3 is 2.02 bits per heavy atom. The van der Waals surface area contributed by atoms with Crippen molar-refractivity contribution in [1.82, 2.24) is 0 Å². The minimum Gasteiger partial charge on any atom is -0.493 e. The number of benzene rings is 3. The zero-order valence-electron chi connectivity index (χ0n) is 24.1. The molecule has 1 heterocycles. The third kappa shape index (κ3) is 4.92. The number of ether oxygens (including phenoxy) is 5. The molecule has 0 radical (unpaired) electrons. The van der Waals surface area contributed by atoms with Crippen molar-refractivity contribution in [3.63, 3.8) is 0 Å². The molecular formula is C32H34N2O7. The monoisotopic (exact) mass is 558 g/mol. The predicted octanol–water partition coefficient (Wildman–Crippen LogP) is 5.65. The van der Waals surface area contributed by atoms with Crippen LogP contribution in [0.5, 0.6) is 28.7 Å². The van der Waals surface area contributed by atoms with Crippen molar-refractivity contribution in [3.05, 3.63) is 77.0 Å². The molecule has 0 aromatic heterocycles. The maximum atomic E-state index is 14.2. The van der Waals surface area contributed by atoms with Crippen LogP contribution in [0.1, 0.15) is 42.9 Å². The maximum absolute atomic E-state index is 14.2. The Labute approximate surface area is 239 Å². The van der Waals surface area contributed by atoms with Crippen molar-refractivity contribution in [2.45, 2.75) is 31.7 Å². The summed E-state index contributed by atoms with van der Waals surface area (Å²) in [5.74, 6) is 2.16. The highest BCUT2D eigenvalue weighted by Crippen LogP contribution is 2.50. The number of carbonyl (C=O) groups is 2. The number of amides is 1. The zero-order valence-corrected chi connectivity index (χ0v) is 24.1. The van der Waals surface area contributed by atoms with Gasteiger partial charge in [-0.15, -0.1) is 0 Å². The van der Waals surface area contributed by atoms with Gasteiger partial charge in [0.1, 0.15) is 0 Å². The highest BCUT2D eigenvalue weighted by molar-refractivity contribution is 6.06. The number of nitrogens with one attached hydrogen (secondary N) is 1. The lowest BCUT2D eigenvalue weighted by molar-refractivity contribution is -0.117. The van der Waals surface area contributed by atoms with E-state index >= 15 is 0 Å². The smallest absolute Gasteiger partial charge is 0.224 e. The van der Waals surface area contributed by atoms with E-state index in [9.17, 15) is 9.59 Å². The van der Waals surface area contributed by atoms with E-state index in [2.05, 4.69) is 5.32 Å². The van der Waals surface area contributed by atoms with Crippen LogP contribution in [0.4, 0.5) is 11.4 Å². The normalized spacial score (nSPS) is 18.0. The first-order valence-corrected chi connectivity index (χ1v) is 13.3. The van der Waals surface area contributed by atoms with Gasteiger partial charge < -0.3 is 29.0 Å². The number of ketones is 1. The van der Waals surface area contributed by atoms with Gasteiger partial charge in [-0.3, -0.25) is 14.5 Å². The largest absolute Gasteiger partial charge is 0.493 e. The molecule has 1 aliphatic heterocycles. The van der Waals surface area contributed by atoms with Gasteiger partial charge in [0.05, 0.1) is 53.0 Å². The van der Waals surface area contributed by atoms with E-state index < -0.39 is 6.04 Å². The molecule has 0 saturated carbocycles. The van der Waals surface area contributed by atoms with Crippen LogP contribution in [0, 0.1) is 0 Å². The fourth-order valence-corrected chi connectivity index (χ4v) is 5.86. The van der Waals surface area contributed by atoms with Gasteiger partial charge in [-0.2, -0.15) is 0 Å². The van der Waals surface area contributed by atoms with Crippen LogP contribution in [-0.2, 0) is 9.59 Å². The minimum atomic E-state index is -0.730. The summed E-state index contributed by atoms with van der Waals surface area (Å²) in [7, 11) is 7.80. The third-order valence-electron chi connectivity index (χ3n) is 7.71. The van der Waals surface area contributed by atoms with Gasteiger partial charge in [0.15, 0.2) is 28.8 Å². The second-order valence-corrected chi connectivity index (χ2v) is 9.93. The van der Waals surface area contributed by atoms with Crippen molar-refractivity contribution in [1.29, 1.82) is 0 Å². The molecule has 1 aliphatic carbocycles. The Morgan fingerprint density at radius 1 is 0.780 bits per heavy atom. The summed E-state index contributed by atoms with van der Waals surface area (Å²) < 4.78 is 27.8. The predicted molar refractivity (Wildman–Crippen MR) is 156 cm³/mol. The standard InChI is InChI=1S/C32H34N2O7/c1-18(35)34-24-10-8-7-9-22(24)33-23-13-20(19-11-12-26(37-2)27(15-19)38-3)14-25(36)30(23)31(34)21-16-28(39-4)32(41-6)29(17-21)40-5/h7-12,15-17,20,31,33H,13-14H2,1-6H3. The number of methoxy groups -OCH3 is 5. The summed E-state index contributed by atoms with van der Waals surface area (Å²) in [6.45, 7) is 1.51. The lowest BCUT2D eigenvalue weighted by atomic mass is 9.78. The highest BCUT2D eigenvalue weighted by atomic mass is 16.5. The molecule has 9 nitrogen and oxygen atoms in total. The average Bonchev–Trinajstić information content (AvgIpc) is 3.14. The quantitative estimate of drug-likeness (QED) is 0.398. The molecular weight excluding hydrogens is 524 g/mol. The summed E-state index contributed by atoms with van der Waals surface area (Å²) >= 11 is 0. The highest BCUT2D eigenvalue weighted by Gasteiger charge is 2.41. The fraction of sp³-hybridized carbons (Fsp3) is 0.312. The first kappa shape index (κ1) is 27.9. The lowest BCUT2D eigenvalue weighted by Crippen LogP contribution is -2.37. The van der Waals surface area contributed by atoms with E-state index in [-0.39, 0.29) is 24.0 Å². The first-order chi connectivity index (χ1) is 19.8. The van der Waals surface area contributed by atoms with E-state index in [1.807, 2.05) is 42.5 Å². The van der Waals surface area contributed by atoms with Crippen molar-refractivity contribution in [2.24, 2.45) is 0 Å². The van der Waals surface area contributed by atoms with Crippen LogP contribution in [-0.4, -0.2) is 47.2 Å². The number of carbonyl (C=O) groups excluding carboxylic acids is 2. The number of allylic oxidation sites excluding steroid dienone is 1. The molecule has 2 unspecified atom stereocenters. The number of hydrogen-bond acceptors (Lipinski definition) is 8. The van der Waals surface area contributed by atoms with Crippen molar-refractivity contribution >= 4 is 23.1 Å². The number of para-hydroxylation sites is 2. The van der Waals surface area contributed by atoms with Gasteiger partial charge in [0.25, 0.3) is 0 Å². The van der Waals surface area contributed by atoms with Crippen LogP contribution in [0.2, 0.25) is 0 Å².